The minimum absolute atomic E-state index is 0.499. The molecule has 0 atom stereocenters. The Balaban J connectivity index is 1.24. The van der Waals surface area contributed by atoms with E-state index in [4.69, 9.17) is 4.98 Å². The molecule has 0 bridgehead atoms. The summed E-state index contributed by atoms with van der Waals surface area (Å²) in [6.45, 7) is 0. The van der Waals surface area contributed by atoms with E-state index in [0.29, 0.717) is 0 Å². The van der Waals surface area contributed by atoms with Crippen molar-refractivity contribution in [3.8, 4) is 39.2 Å². The average Bonchev–Trinajstić information content (AvgIpc) is 3.74. The Bertz CT molecular complexity index is 2990. The van der Waals surface area contributed by atoms with Crippen LogP contribution in [0.3, 0.4) is 0 Å². The van der Waals surface area contributed by atoms with Gasteiger partial charge in [-0.15, -0.1) is 0 Å². The van der Waals surface area contributed by atoms with Crippen molar-refractivity contribution in [1.29, 1.82) is 0 Å². The predicted molar refractivity (Wildman–Crippen MR) is 224 cm³/mol. The van der Waals surface area contributed by atoms with Crippen molar-refractivity contribution in [3.05, 3.63) is 229 Å². The van der Waals surface area contributed by atoms with Gasteiger partial charge in [-0.1, -0.05) is 182 Å². The van der Waals surface area contributed by atoms with Crippen molar-refractivity contribution in [2.75, 3.05) is 0 Å². The smallest absolute Gasteiger partial charge is 0.138 e. The van der Waals surface area contributed by atoms with Gasteiger partial charge < -0.3 is 0 Å². The number of nitrogens with zero attached hydrogens (tertiary/aromatic N) is 2. The van der Waals surface area contributed by atoms with Crippen molar-refractivity contribution < 1.29 is 0 Å². The lowest BCUT2D eigenvalue weighted by Gasteiger charge is -2.34. The van der Waals surface area contributed by atoms with Gasteiger partial charge in [0.2, 0.25) is 0 Å². The topological polar surface area (TPSA) is 17.8 Å². The maximum absolute atomic E-state index is 5.53. The van der Waals surface area contributed by atoms with E-state index < -0.39 is 5.41 Å². The van der Waals surface area contributed by atoms with Crippen LogP contribution in [0.25, 0.3) is 71.9 Å². The van der Waals surface area contributed by atoms with E-state index in [1.807, 2.05) is 0 Å². The van der Waals surface area contributed by atoms with Crippen LogP contribution in [0, 0.1) is 0 Å². The molecule has 0 spiro atoms. The van der Waals surface area contributed by atoms with Gasteiger partial charge in [0.25, 0.3) is 0 Å². The molecule has 0 fully saturated rings. The summed E-state index contributed by atoms with van der Waals surface area (Å²) in [6.07, 6.45) is 0. The molecule has 11 rings (SSSR count). The van der Waals surface area contributed by atoms with Crippen molar-refractivity contribution >= 4 is 32.7 Å². The summed E-state index contributed by atoms with van der Waals surface area (Å²) < 4.78 is 2.39. The van der Waals surface area contributed by atoms with Gasteiger partial charge in [-0.2, -0.15) is 0 Å². The van der Waals surface area contributed by atoms with E-state index in [-0.39, 0.29) is 0 Å². The van der Waals surface area contributed by atoms with Gasteiger partial charge in [0, 0.05) is 16.2 Å². The zero-order chi connectivity index (χ0) is 35.6. The number of pyridine rings is 1. The summed E-state index contributed by atoms with van der Waals surface area (Å²) in [7, 11) is 0. The van der Waals surface area contributed by atoms with E-state index >= 15 is 0 Å². The predicted octanol–water partition coefficient (Wildman–Crippen LogP) is 13.0. The molecule has 1 aliphatic carbocycles. The molecule has 0 N–H and O–H groups in total. The Morgan fingerprint density at radius 2 is 0.926 bits per heavy atom. The fourth-order valence-corrected chi connectivity index (χ4v) is 9.16. The highest BCUT2D eigenvalue weighted by atomic mass is 15.1. The van der Waals surface area contributed by atoms with Gasteiger partial charge in [0.15, 0.2) is 0 Å². The number of hydrogen-bond acceptors (Lipinski definition) is 1. The van der Waals surface area contributed by atoms with Crippen molar-refractivity contribution in [1.82, 2.24) is 9.55 Å². The molecule has 252 valence electrons. The van der Waals surface area contributed by atoms with Crippen LogP contribution in [0.1, 0.15) is 22.3 Å². The second-order valence-electron chi connectivity index (χ2n) is 14.3. The average molecular weight is 687 g/mol. The highest BCUT2D eigenvalue weighted by molar-refractivity contribution is 6.10. The standard InChI is InChI=1S/C52H34N2/c1-4-16-35(17-5-1)37-28-30-42-45(36-18-6-2-7-19-36)34-51(53-48(42)32-37)54-49-27-15-12-24-43(49)44-31-29-39(33-50(44)54)52(38-20-8-3-9-21-38)46-25-13-10-22-40(46)41-23-11-14-26-47(41)52/h1-34H. The molecule has 0 aliphatic heterocycles. The first-order valence-corrected chi connectivity index (χ1v) is 18.6. The summed E-state index contributed by atoms with van der Waals surface area (Å²) in [5, 5.41) is 3.55. The molecule has 0 saturated carbocycles. The summed E-state index contributed by atoms with van der Waals surface area (Å²) >= 11 is 0. The largest absolute Gasteiger partial charge is 0.294 e. The molecule has 0 unspecified atom stereocenters. The number of hydrogen-bond donors (Lipinski definition) is 0. The second-order valence-corrected chi connectivity index (χ2v) is 14.3. The molecule has 2 nitrogen and oxygen atoms in total. The van der Waals surface area contributed by atoms with Gasteiger partial charge in [-0.25, -0.2) is 4.98 Å². The number of fused-ring (bicyclic) bond motifs is 7. The van der Waals surface area contributed by atoms with Crippen LogP contribution in [0.2, 0.25) is 0 Å². The van der Waals surface area contributed by atoms with Crippen LogP contribution in [-0.2, 0) is 5.41 Å². The maximum Gasteiger partial charge on any atom is 0.138 e. The molecule has 2 heterocycles. The Hall–Kier alpha value is -7.03. The Morgan fingerprint density at radius 1 is 0.352 bits per heavy atom. The normalized spacial score (nSPS) is 13.0. The third-order valence-corrected chi connectivity index (χ3v) is 11.5. The summed E-state index contributed by atoms with van der Waals surface area (Å²) in [5.74, 6) is 0.899. The van der Waals surface area contributed by atoms with Gasteiger partial charge in [0.1, 0.15) is 5.82 Å². The molecule has 2 heteroatoms. The molecule has 54 heavy (non-hydrogen) atoms. The Kier molecular flexibility index (Phi) is 6.80. The third kappa shape index (κ3) is 4.44. The van der Waals surface area contributed by atoms with Gasteiger partial charge in [0.05, 0.1) is 22.0 Å². The number of para-hydroxylation sites is 1. The van der Waals surface area contributed by atoms with Crippen LogP contribution >= 0.6 is 0 Å². The number of benzene rings is 8. The van der Waals surface area contributed by atoms with Crippen molar-refractivity contribution in [3.63, 3.8) is 0 Å². The summed E-state index contributed by atoms with van der Waals surface area (Å²) in [4.78, 5) is 5.53. The van der Waals surface area contributed by atoms with E-state index in [0.717, 1.165) is 38.9 Å². The minimum atomic E-state index is -0.499. The van der Waals surface area contributed by atoms with Crippen LogP contribution in [0.5, 0.6) is 0 Å². The molecule has 0 saturated heterocycles. The summed E-state index contributed by atoms with van der Waals surface area (Å²) in [5.41, 5.74) is 15.1. The lowest BCUT2D eigenvalue weighted by molar-refractivity contribution is 0.769. The SMILES string of the molecule is c1ccc(-c2ccc3c(-c4ccccc4)cc(-n4c5ccccc5c5ccc(C6(c7ccccc7)c7ccccc7-c7ccccc76)cc54)nc3c2)cc1. The molecular weight excluding hydrogens is 653 g/mol. The molecule has 8 aromatic carbocycles. The van der Waals surface area contributed by atoms with Gasteiger partial charge in [-0.05, 0) is 79.9 Å². The van der Waals surface area contributed by atoms with Crippen LogP contribution in [0.4, 0.5) is 0 Å². The lowest BCUT2D eigenvalue weighted by atomic mass is 9.67. The zero-order valence-corrected chi connectivity index (χ0v) is 29.5. The highest BCUT2D eigenvalue weighted by Crippen LogP contribution is 2.56. The Labute approximate surface area is 314 Å². The fourth-order valence-electron chi connectivity index (χ4n) is 9.16. The molecule has 0 amide bonds. The highest BCUT2D eigenvalue weighted by Gasteiger charge is 2.46. The Morgan fingerprint density at radius 3 is 1.65 bits per heavy atom. The number of aromatic nitrogens is 2. The fraction of sp³-hybridized carbons (Fsp3) is 0.0192. The van der Waals surface area contributed by atoms with E-state index in [1.165, 1.54) is 55.3 Å². The molecular formula is C52H34N2. The first kappa shape index (κ1) is 30.6. The molecule has 2 aromatic heterocycles. The van der Waals surface area contributed by atoms with Crippen LogP contribution in [0.15, 0.2) is 206 Å². The molecule has 1 aliphatic rings. The maximum atomic E-state index is 5.53. The molecule has 10 aromatic rings. The van der Waals surface area contributed by atoms with Gasteiger partial charge in [-0.3, -0.25) is 4.57 Å². The lowest BCUT2D eigenvalue weighted by Crippen LogP contribution is -2.28. The van der Waals surface area contributed by atoms with E-state index in [1.54, 1.807) is 0 Å². The summed E-state index contributed by atoms with van der Waals surface area (Å²) in [6, 6.07) is 75.1. The van der Waals surface area contributed by atoms with Crippen molar-refractivity contribution in [2.24, 2.45) is 0 Å². The quantitative estimate of drug-likeness (QED) is 0.176. The number of rotatable bonds is 5. The first-order chi connectivity index (χ1) is 26.8. The van der Waals surface area contributed by atoms with E-state index in [2.05, 4.69) is 211 Å². The monoisotopic (exact) mass is 686 g/mol. The second kappa shape index (κ2) is 12.0. The van der Waals surface area contributed by atoms with Crippen LogP contribution in [-0.4, -0.2) is 9.55 Å². The minimum Gasteiger partial charge on any atom is -0.294 e. The van der Waals surface area contributed by atoms with Gasteiger partial charge >= 0.3 is 0 Å². The first-order valence-electron chi connectivity index (χ1n) is 18.6. The zero-order valence-electron chi connectivity index (χ0n) is 29.5. The van der Waals surface area contributed by atoms with Crippen LogP contribution < -0.4 is 0 Å². The van der Waals surface area contributed by atoms with Crippen molar-refractivity contribution in [2.45, 2.75) is 5.41 Å². The molecule has 0 radical (unpaired) electrons. The third-order valence-electron chi connectivity index (χ3n) is 11.5. The van der Waals surface area contributed by atoms with E-state index in [9.17, 15) is 0 Å².